The van der Waals surface area contributed by atoms with Crippen molar-refractivity contribution in [3.05, 3.63) is 30.2 Å². The predicted molar refractivity (Wildman–Crippen MR) is 121 cm³/mol. The van der Waals surface area contributed by atoms with Crippen molar-refractivity contribution in [2.45, 2.75) is 30.7 Å². The minimum atomic E-state index is -4.61. The third-order valence-corrected chi connectivity index (χ3v) is 6.56. The van der Waals surface area contributed by atoms with Crippen LogP contribution in [-0.2, 0) is 11.3 Å². The molecule has 10 nitrogen and oxygen atoms in total. The standard InChI is InChI=1S/C22H20F6N8O2/c1-37-19-18-17(11-2-3-14-15(4-11)36(33-31-14)10-22(26,27)28)13(23)5-35(18)32-20(30-19)29-16-6-34(9-21(16,24)25)12-7-38-8-12/h2-5,12,16H,6-10H2,1H3,(H,29,32)/t16-/m1/s1/i1D3. The van der Waals surface area contributed by atoms with Gasteiger partial charge >= 0.3 is 6.18 Å². The fraction of sp³-hybridized carbons (Fsp3) is 0.455. The molecule has 0 amide bonds. The molecule has 38 heavy (non-hydrogen) atoms. The number of nitrogens with zero attached hydrogens (tertiary/aromatic N) is 7. The van der Waals surface area contributed by atoms with Gasteiger partial charge in [-0.05, 0) is 17.7 Å². The molecule has 1 atom stereocenters. The van der Waals surface area contributed by atoms with Crippen molar-refractivity contribution in [2.75, 3.05) is 38.7 Å². The number of benzene rings is 1. The van der Waals surface area contributed by atoms with Crippen molar-refractivity contribution < 1.29 is 39.9 Å². The molecule has 4 aromatic rings. The molecule has 2 aliphatic heterocycles. The second kappa shape index (κ2) is 8.69. The van der Waals surface area contributed by atoms with Gasteiger partial charge in [0.1, 0.15) is 23.6 Å². The summed E-state index contributed by atoms with van der Waals surface area (Å²) < 4.78 is 118. The number of aromatic nitrogens is 6. The highest BCUT2D eigenvalue weighted by atomic mass is 19.4. The van der Waals surface area contributed by atoms with Crippen LogP contribution in [0.15, 0.2) is 24.4 Å². The van der Waals surface area contributed by atoms with Gasteiger partial charge in [0, 0.05) is 6.54 Å². The smallest absolute Gasteiger partial charge is 0.408 e. The minimum absolute atomic E-state index is 0.0172. The van der Waals surface area contributed by atoms with Crippen molar-refractivity contribution in [3.63, 3.8) is 0 Å². The molecule has 2 aliphatic rings. The first-order valence-electron chi connectivity index (χ1n) is 12.8. The van der Waals surface area contributed by atoms with E-state index < -0.39 is 55.9 Å². The van der Waals surface area contributed by atoms with Crippen LogP contribution in [0.25, 0.3) is 27.7 Å². The summed E-state index contributed by atoms with van der Waals surface area (Å²) in [4.78, 5) is 5.55. The monoisotopic (exact) mass is 545 g/mol. The molecule has 1 aromatic carbocycles. The molecule has 202 valence electrons. The lowest BCUT2D eigenvalue weighted by Crippen LogP contribution is -2.48. The van der Waals surface area contributed by atoms with Gasteiger partial charge < -0.3 is 14.8 Å². The van der Waals surface area contributed by atoms with Gasteiger partial charge in [-0.1, -0.05) is 11.3 Å². The SMILES string of the molecule is [2H]C([2H])([2H])Oc1nc(N[C@@H]2CN(C3COC3)CC2(F)F)nn2cc(F)c(-c3ccc4nnn(CC(F)(F)F)c4c3)c12. The number of nitrogens with one attached hydrogen (secondary N) is 1. The number of hydrogen-bond acceptors (Lipinski definition) is 8. The van der Waals surface area contributed by atoms with Gasteiger partial charge in [0.05, 0.1) is 54.2 Å². The van der Waals surface area contributed by atoms with Crippen LogP contribution in [0.3, 0.4) is 0 Å². The van der Waals surface area contributed by atoms with E-state index in [-0.39, 0.29) is 40.3 Å². The van der Waals surface area contributed by atoms with Crippen LogP contribution >= 0.6 is 0 Å². The molecule has 0 aliphatic carbocycles. The number of alkyl halides is 5. The van der Waals surface area contributed by atoms with Crippen molar-refractivity contribution in [1.82, 2.24) is 34.5 Å². The quantitative estimate of drug-likeness (QED) is 0.370. The number of likely N-dealkylation sites (tertiary alicyclic amines) is 1. The van der Waals surface area contributed by atoms with E-state index >= 15 is 4.39 Å². The molecule has 0 unspecified atom stereocenters. The molecular formula is C22H20F6N8O2. The van der Waals surface area contributed by atoms with Crippen molar-refractivity contribution in [1.29, 1.82) is 0 Å². The minimum Gasteiger partial charge on any atom is -0.479 e. The number of fused-ring (bicyclic) bond motifs is 2. The second-order valence-corrected chi connectivity index (χ2v) is 9.13. The summed E-state index contributed by atoms with van der Waals surface area (Å²) in [5.74, 6) is -5.26. The number of rotatable bonds is 6. The van der Waals surface area contributed by atoms with Crippen LogP contribution < -0.4 is 10.1 Å². The molecular weight excluding hydrogens is 522 g/mol. The highest BCUT2D eigenvalue weighted by Gasteiger charge is 2.51. The van der Waals surface area contributed by atoms with Gasteiger partial charge in [-0.2, -0.15) is 18.2 Å². The summed E-state index contributed by atoms with van der Waals surface area (Å²) in [5.41, 5.74) is -0.530. The molecule has 0 saturated carbocycles. The molecule has 5 heterocycles. The summed E-state index contributed by atoms with van der Waals surface area (Å²) in [5, 5.41) is 13.8. The Hall–Kier alpha value is -3.66. The van der Waals surface area contributed by atoms with Gasteiger partial charge in [0.15, 0.2) is 5.82 Å². The van der Waals surface area contributed by atoms with E-state index in [0.717, 1.165) is 10.7 Å². The average Bonchev–Trinajstić information content (AvgIpc) is 3.43. The molecule has 3 aromatic heterocycles. The lowest BCUT2D eigenvalue weighted by Gasteiger charge is -2.34. The molecule has 0 bridgehead atoms. The largest absolute Gasteiger partial charge is 0.479 e. The first kappa shape index (κ1) is 21.3. The Kier molecular flexibility index (Phi) is 4.87. The van der Waals surface area contributed by atoms with E-state index in [4.69, 9.17) is 13.6 Å². The third-order valence-electron chi connectivity index (χ3n) is 6.56. The van der Waals surface area contributed by atoms with E-state index in [9.17, 15) is 22.0 Å². The zero-order chi connectivity index (χ0) is 29.3. The lowest BCUT2D eigenvalue weighted by molar-refractivity contribution is -0.142. The van der Waals surface area contributed by atoms with Crippen LogP contribution in [0.1, 0.15) is 4.11 Å². The van der Waals surface area contributed by atoms with Crippen LogP contribution in [-0.4, -0.2) is 92.0 Å². The Morgan fingerprint density at radius 1 is 1.29 bits per heavy atom. The fourth-order valence-electron chi connectivity index (χ4n) is 4.67. The number of hydrogen-bond donors (Lipinski definition) is 1. The molecule has 0 spiro atoms. The van der Waals surface area contributed by atoms with Crippen molar-refractivity contribution in [2.24, 2.45) is 0 Å². The van der Waals surface area contributed by atoms with E-state index in [1.54, 1.807) is 4.90 Å². The van der Waals surface area contributed by atoms with E-state index in [1.165, 1.54) is 18.2 Å². The maximum Gasteiger partial charge on any atom is 0.408 e. The summed E-state index contributed by atoms with van der Waals surface area (Å²) in [6.45, 7) is -1.42. The first-order chi connectivity index (χ1) is 19.2. The Labute approximate surface area is 214 Å². The van der Waals surface area contributed by atoms with Gasteiger partial charge in [-0.25, -0.2) is 22.4 Å². The van der Waals surface area contributed by atoms with E-state index in [2.05, 4.69) is 25.7 Å². The summed E-state index contributed by atoms with van der Waals surface area (Å²) >= 11 is 0. The normalized spacial score (nSPS) is 21.8. The molecule has 1 N–H and O–H groups in total. The number of ether oxygens (including phenoxy) is 2. The Morgan fingerprint density at radius 3 is 2.82 bits per heavy atom. The van der Waals surface area contributed by atoms with Crippen LogP contribution in [0.2, 0.25) is 0 Å². The van der Waals surface area contributed by atoms with E-state index in [0.29, 0.717) is 17.9 Å². The molecule has 2 fully saturated rings. The van der Waals surface area contributed by atoms with Crippen molar-refractivity contribution >= 4 is 22.5 Å². The molecule has 16 heteroatoms. The summed E-state index contributed by atoms with van der Waals surface area (Å²) in [7, 11) is -3.08. The van der Waals surface area contributed by atoms with E-state index in [1.807, 2.05) is 0 Å². The highest BCUT2D eigenvalue weighted by Crippen LogP contribution is 2.37. The van der Waals surface area contributed by atoms with Crippen molar-refractivity contribution in [3.8, 4) is 17.0 Å². The van der Waals surface area contributed by atoms with Gasteiger partial charge in [-0.3, -0.25) is 4.90 Å². The second-order valence-electron chi connectivity index (χ2n) is 9.13. The van der Waals surface area contributed by atoms with Crippen LogP contribution in [0.4, 0.5) is 32.3 Å². The highest BCUT2D eigenvalue weighted by molar-refractivity contribution is 5.89. The first-order valence-corrected chi connectivity index (χ1v) is 11.3. The number of halogens is 6. The molecule has 0 radical (unpaired) electrons. The Morgan fingerprint density at radius 2 is 2.11 bits per heavy atom. The Bertz CT molecular complexity index is 1620. The lowest BCUT2D eigenvalue weighted by atomic mass is 10.1. The number of methoxy groups -OCH3 is 1. The Balaban J connectivity index is 1.41. The van der Waals surface area contributed by atoms with Crippen LogP contribution in [0, 0.1) is 5.82 Å². The summed E-state index contributed by atoms with van der Waals surface area (Å²) in [6, 6.07) is 2.24. The zero-order valence-corrected chi connectivity index (χ0v) is 19.2. The van der Waals surface area contributed by atoms with Gasteiger partial charge in [0.25, 0.3) is 5.92 Å². The van der Waals surface area contributed by atoms with Crippen LogP contribution in [0.5, 0.6) is 5.88 Å². The summed E-state index contributed by atoms with van der Waals surface area (Å²) in [6.07, 6.45) is -3.76. The third kappa shape index (κ3) is 4.26. The molecule has 6 rings (SSSR count). The average molecular weight is 545 g/mol. The fourth-order valence-corrected chi connectivity index (χ4v) is 4.67. The maximum atomic E-state index is 15.4. The van der Waals surface area contributed by atoms with Gasteiger partial charge in [0.2, 0.25) is 11.8 Å². The maximum absolute atomic E-state index is 15.4. The zero-order valence-electron chi connectivity index (χ0n) is 22.2. The van der Waals surface area contributed by atoms with Gasteiger partial charge in [-0.15, -0.1) is 10.2 Å². The number of anilines is 1. The topological polar surface area (TPSA) is 94.6 Å². The molecule has 2 saturated heterocycles. The predicted octanol–water partition coefficient (Wildman–Crippen LogP) is 2.98.